The van der Waals surface area contributed by atoms with Gasteiger partial charge in [0.15, 0.2) is 0 Å². The first-order valence-electron chi connectivity index (χ1n) is 7.13. The molecular weight excluding hydrogens is 252 g/mol. The lowest BCUT2D eigenvalue weighted by molar-refractivity contribution is 0.0696. The van der Waals surface area contributed by atoms with Gasteiger partial charge < -0.3 is 10.4 Å². The average Bonchev–Trinajstić information content (AvgIpc) is 2.24. The molecule has 4 heteroatoms. The van der Waals surface area contributed by atoms with Gasteiger partial charge in [-0.15, -0.1) is 0 Å². The highest BCUT2D eigenvalue weighted by atomic mass is 16.4. The van der Waals surface area contributed by atoms with Gasteiger partial charge in [-0.3, -0.25) is 0 Å². The molecule has 0 radical (unpaired) electrons. The zero-order valence-corrected chi connectivity index (χ0v) is 12.7. The van der Waals surface area contributed by atoms with E-state index in [1.54, 1.807) is 12.3 Å². The van der Waals surface area contributed by atoms with Gasteiger partial charge in [-0.25, -0.2) is 9.78 Å². The van der Waals surface area contributed by atoms with Crippen LogP contribution in [0.25, 0.3) is 0 Å². The maximum atomic E-state index is 11.0. The molecule has 1 aromatic rings. The third-order valence-corrected chi connectivity index (χ3v) is 3.91. The molecule has 20 heavy (non-hydrogen) atoms. The zero-order chi connectivity index (χ0) is 15.0. The normalized spacial score (nSPS) is 21.4. The van der Waals surface area contributed by atoms with E-state index in [1.807, 2.05) is 0 Å². The highest BCUT2D eigenvalue weighted by Gasteiger charge is 2.38. The molecule has 0 aliphatic heterocycles. The second kappa shape index (κ2) is 5.08. The summed E-state index contributed by atoms with van der Waals surface area (Å²) in [6.07, 6.45) is 4.91. The van der Waals surface area contributed by atoms with Crippen molar-refractivity contribution in [3.8, 4) is 0 Å². The van der Waals surface area contributed by atoms with Crippen molar-refractivity contribution < 1.29 is 9.90 Å². The smallest absolute Gasteiger partial charge is 0.335 e. The lowest BCUT2D eigenvalue weighted by Crippen LogP contribution is -2.40. The van der Waals surface area contributed by atoms with Gasteiger partial charge in [0.05, 0.1) is 5.56 Å². The van der Waals surface area contributed by atoms with E-state index in [2.05, 4.69) is 38.0 Å². The van der Waals surface area contributed by atoms with Crippen LogP contribution in [-0.2, 0) is 0 Å². The molecule has 0 unspecified atom stereocenters. The van der Waals surface area contributed by atoms with E-state index in [4.69, 9.17) is 5.11 Å². The minimum atomic E-state index is -0.917. The molecule has 2 N–H and O–H groups in total. The second-order valence-electron chi connectivity index (χ2n) is 7.49. The Bertz CT molecular complexity index is 493. The van der Waals surface area contributed by atoms with Crippen LogP contribution < -0.4 is 5.32 Å². The van der Waals surface area contributed by atoms with Crippen molar-refractivity contribution in [3.63, 3.8) is 0 Å². The second-order valence-corrected chi connectivity index (χ2v) is 7.49. The van der Waals surface area contributed by atoms with Crippen LogP contribution in [0.1, 0.15) is 57.3 Å². The molecule has 110 valence electrons. The number of hydrogen-bond donors (Lipinski definition) is 2. The van der Waals surface area contributed by atoms with Crippen LogP contribution in [0.3, 0.4) is 0 Å². The van der Waals surface area contributed by atoms with Crippen LogP contribution in [0.5, 0.6) is 0 Å². The maximum absolute atomic E-state index is 11.0. The number of anilines is 1. The molecule has 0 amide bonds. The largest absolute Gasteiger partial charge is 0.478 e. The summed E-state index contributed by atoms with van der Waals surface area (Å²) in [5.41, 5.74) is 0.866. The molecule has 0 saturated heterocycles. The molecule has 1 aliphatic carbocycles. The Labute approximate surface area is 120 Å². The Morgan fingerprint density at radius 3 is 2.45 bits per heavy atom. The van der Waals surface area contributed by atoms with Crippen molar-refractivity contribution in [3.05, 3.63) is 23.9 Å². The van der Waals surface area contributed by atoms with E-state index in [1.165, 1.54) is 12.5 Å². The fraction of sp³-hybridized carbons (Fsp3) is 0.625. The molecule has 0 spiro atoms. The number of hydrogen-bond acceptors (Lipinski definition) is 3. The Morgan fingerprint density at radius 2 is 1.90 bits per heavy atom. The lowest BCUT2D eigenvalue weighted by Gasteiger charge is -2.45. The topological polar surface area (TPSA) is 62.2 Å². The van der Waals surface area contributed by atoms with Gasteiger partial charge in [-0.05, 0) is 42.2 Å². The van der Waals surface area contributed by atoms with Crippen molar-refractivity contribution in [1.29, 1.82) is 0 Å². The van der Waals surface area contributed by atoms with E-state index in [-0.39, 0.29) is 5.56 Å². The highest BCUT2D eigenvalue weighted by Crippen LogP contribution is 2.46. The molecular formula is C16H24N2O2. The van der Waals surface area contributed by atoms with Crippen molar-refractivity contribution in [1.82, 2.24) is 4.98 Å². The summed E-state index contributed by atoms with van der Waals surface area (Å²) in [6, 6.07) is 3.46. The average molecular weight is 276 g/mol. The van der Waals surface area contributed by atoms with E-state index in [0.29, 0.717) is 22.7 Å². The Balaban J connectivity index is 2.13. The number of aromatic nitrogens is 1. The maximum Gasteiger partial charge on any atom is 0.335 e. The third-order valence-electron chi connectivity index (χ3n) is 3.91. The molecule has 2 rings (SSSR count). The molecule has 0 aromatic carbocycles. The number of nitrogens with zero attached hydrogens (tertiary/aromatic N) is 1. The lowest BCUT2D eigenvalue weighted by atomic mass is 9.63. The van der Waals surface area contributed by atoms with Crippen LogP contribution in [0.2, 0.25) is 0 Å². The van der Waals surface area contributed by atoms with Crippen LogP contribution >= 0.6 is 0 Å². The fourth-order valence-corrected chi connectivity index (χ4v) is 3.80. The number of aromatic carboxylic acids is 1. The van der Waals surface area contributed by atoms with Crippen LogP contribution in [-0.4, -0.2) is 22.1 Å². The number of nitrogens with one attached hydrogen (secondary N) is 1. The predicted octanol–water partition coefficient (Wildman–Crippen LogP) is 3.80. The first kappa shape index (κ1) is 14.8. The van der Waals surface area contributed by atoms with Gasteiger partial charge in [0.2, 0.25) is 0 Å². The first-order valence-corrected chi connectivity index (χ1v) is 7.13. The van der Waals surface area contributed by atoms with E-state index in [9.17, 15) is 4.79 Å². The number of rotatable bonds is 3. The highest BCUT2D eigenvalue weighted by molar-refractivity contribution is 5.88. The third kappa shape index (κ3) is 3.71. The van der Waals surface area contributed by atoms with E-state index < -0.39 is 5.97 Å². The quantitative estimate of drug-likeness (QED) is 0.881. The molecule has 1 heterocycles. The van der Waals surface area contributed by atoms with Crippen molar-refractivity contribution in [2.45, 2.75) is 53.0 Å². The van der Waals surface area contributed by atoms with Gasteiger partial charge in [-0.2, -0.15) is 0 Å². The molecule has 1 saturated carbocycles. The summed E-state index contributed by atoms with van der Waals surface area (Å²) in [7, 11) is 0. The van der Waals surface area contributed by atoms with E-state index in [0.717, 1.165) is 12.8 Å². The SMILES string of the molecule is CC1(C)CC(Nc2cc(C(=O)O)ccn2)CC(C)(C)C1. The molecule has 1 aromatic heterocycles. The van der Waals surface area contributed by atoms with Crippen molar-refractivity contribution in [2.75, 3.05) is 5.32 Å². The van der Waals surface area contributed by atoms with Gasteiger partial charge in [0.25, 0.3) is 0 Å². The molecule has 1 aliphatic rings. The molecule has 0 bridgehead atoms. The molecule has 4 nitrogen and oxygen atoms in total. The summed E-state index contributed by atoms with van der Waals surface area (Å²) < 4.78 is 0. The van der Waals surface area contributed by atoms with Gasteiger partial charge >= 0.3 is 5.97 Å². The van der Waals surface area contributed by atoms with E-state index >= 15 is 0 Å². The summed E-state index contributed by atoms with van der Waals surface area (Å²) in [5, 5.41) is 12.4. The zero-order valence-electron chi connectivity index (χ0n) is 12.7. The fourth-order valence-electron chi connectivity index (χ4n) is 3.80. The minimum Gasteiger partial charge on any atom is -0.478 e. The van der Waals surface area contributed by atoms with Gasteiger partial charge in [0, 0.05) is 12.2 Å². The summed E-state index contributed by atoms with van der Waals surface area (Å²) in [5.74, 6) is -0.261. The summed E-state index contributed by atoms with van der Waals surface area (Å²) in [4.78, 5) is 15.2. The van der Waals surface area contributed by atoms with Gasteiger partial charge in [0.1, 0.15) is 5.82 Å². The number of carboxylic acids is 1. The standard InChI is InChI=1S/C16H24N2O2/c1-15(2)8-12(9-16(3,4)10-15)18-13-7-11(14(19)20)5-6-17-13/h5-7,12H,8-10H2,1-4H3,(H,17,18)(H,19,20). The molecule has 1 fully saturated rings. The Hall–Kier alpha value is -1.58. The summed E-state index contributed by atoms with van der Waals surface area (Å²) >= 11 is 0. The Morgan fingerprint density at radius 1 is 1.30 bits per heavy atom. The molecule has 0 atom stereocenters. The first-order chi connectivity index (χ1) is 9.17. The summed E-state index contributed by atoms with van der Waals surface area (Å²) in [6.45, 7) is 9.18. The van der Waals surface area contributed by atoms with Crippen LogP contribution in [0.15, 0.2) is 18.3 Å². The van der Waals surface area contributed by atoms with Crippen LogP contribution in [0.4, 0.5) is 5.82 Å². The van der Waals surface area contributed by atoms with Crippen LogP contribution in [0, 0.1) is 10.8 Å². The Kier molecular flexibility index (Phi) is 3.76. The van der Waals surface area contributed by atoms with Crippen molar-refractivity contribution >= 4 is 11.8 Å². The van der Waals surface area contributed by atoms with Crippen molar-refractivity contribution in [2.24, 2.45) is 10.8 Å². The monoisotopic (exact) mass is 276 g/mol. The minimum absolute atomic E-state index is 0.275. The number of carboxylic acid groups (broad SMARTS) is 1. The number of carbonyl (C=O) groups is 1. The number of pyridine rings is 1. The predicted molar refractivity (Wildman–Crippen MR) is 80.0 cm³/mol. The van der Waals surface area contributed by atoms with Gasteiger partial charge in [-0.1, -0.05) is 27.7 Å².